The number of hydrogen-bond donors (Lipinski definition) is 1. The maximum atomic E-state index is 6.55. The number of para-hydroxylation sites is 3. The van der Waals surface area contributed by atoms with Crippen molar-refractivity contribution in [3.8, 4) is 11.1 Å². The van der Waals surface area contributed by atoms with Gasteiger partial charge in [0.1, 0.15) is 28.5 Å². The molecule has 1 aliphatic heterocycles. The molecule has 2 aromatic heterocycles. The second-order valence-electron chi connectivity index (χ2n) is 10.6. The van der Waals surface area contributed by atoms with E-state index in [9.17, 15) is 0 Å². The largest absolute Gasteiger partial charge is 0.455 e. The van der Waals surface area contributed by atoms with E-state index in [2.05, 4.69) is 119 Å². The predicted molar refractivity (Wildman–Crippen MR) is 168 cm³/mol. The van der Waals surface area contributed by atoms with Crippen LogP contribution in [0, 0.1) is 0 Å². The average molecular weight is 529 g/mol. The van der Waals surface area contributed by atoms with E-state index in [-0.39, 0.29) is 6.17 Å². The highest BCUT2D eigenvalue weighted by Crippen LogP contribution is 2.49. The predicted octanol–water partition coefficient (Wildman–Crippen LogP) is 10.4. The molecule has 0 spiro atoms. The summed E-state index contributed by atoms with van der Waals surface area (Å²) < 4.78 is 13.0. The number of fused-ring (bicyclic) bond motifs is 8. The van der Waals surface area contributed by atoms with Crippen LogP contribution in [0.25, 0.3) is 55.0 Å². The van der Waals surface area contributed by atoms with Gasteiger partial charge in [-0.05, 0) is 53.6 Å². The van der Waals surface area contributed by atoms with E-state index in [1.54, 1.807) is 0 Å². The van der Waals surface area contributed by atoms with Crippen molar-refractivity contribution in [1.29, 1.82) is 0 Å². The summed E-state index contributed by atoms with van der Waals surface area (Å²) in [6.45, 7) is 0. The van der Waals surface area contributed by atoms with Gasteiger partial charge in [-0.3, -0.25) is 0 Å². The molecular formula is C37H24N2O2. The Kier molecular flexibility index (Phi) is 4.64. The molecule has 0 saturated heterocycles. The Morgan fingerprint density at radius 1 is 0.561 bits per heavy atom. The first-order valence-corrected chi connectivity index (χ1v) is 13.9. The Hall–Kier alpha value is -5.48. The van der Waals surface area contributed by atoms with Gasteiger partial charge in [0.15, 0.2) is 0 Å². The Morgan fingerprint density at radius 3 is 2.02 bits per heavy atom. The zero-order chi connectivity index (χ0) is 26.9. The summed E-state index contributed by atoms with van der Waals surface area (Å²) in [5.41, 5.74) is 10.2. The van der Waals surface area contributed by atoms with E-state index in [0.717, 1.165) is 72.1 Å². The summed E-state index contributed by atoms with van der Waals surface area (Å²) in [6, 6.07) is 46.5. The molecule has 1 N–H and O–H groups in total. The van der Waals surface area contributed by atoms with Crippen LogP contribution in [-0.4, -0.2) is 0 Å². The van der Waals surface area contributed by atoms with Crippen molar-refractivity contribution in [1.82, 2.24) is 0 Å². The quantitative estimate of drug-likeness (QED) is 0.248. The highest BCUT2D eigenvalue weighted by molar-refractivity contribution is 6.25. The zero-order valence-corrected chi connectivity index (χ0v) is 22.0. The second-order valence-corrected chi connectivity index (χ2v) is 10.6. The Labute approximate surface area is 236 Å². The molecule has 0 amide bonds. The number of furan rings is 2. The number of nitrogens with zero attached hydrogens (tertiary/aromatic N) is 1. The fourth-order valence-electron chi connectivity index (χ4n) is 6.40. The van der Waals surface area contributed by atoms with Crippen LogP contribution in [0.1, 0.15) is 11.7 Å². The number of anilines is 3. The van der Waals surface area contributed by atoms with E-state index in [0.29, 0.717) is 0 Å². The lowest BCUT2D eigenvalue weighted by Crippen LogP contribution is -2.23. The summed E-state index contributed by atoms with van der Waals surface area (Å²) in [5, 5.41) is 8.10. The lowest BCUT2D eigenvalue weighted by molar-refractivity contribution is 0.663. The first-order chi connectivity index (χ1) is 20.3. The van der Waals surface area contributed by atoms with Crippen LogP contribution >= 0.6 is 0 Å². The molecule has 0 bridgehead atoms. The maximum absolute atomic E-state index is 6.55. The fraction of sp³-hybridized carbons (Fsp3) is 0.0270. The molecule has 0 radical (unpaired) electrons. The van der Waals surface area contributed by atoms with E-state index in [1.165, 1.54) is 5.56 Å². The van der Waals surface area contributed by atoms with Gasteiger partial charge in [-0.15, -0.1) is 0 Å². The minimum absolute atomic E-state index is 0.0182. The molecule has 1 aliphatic rings. The molecule has 0 saturated carbocycles. The van der Waals surface area contributed by atoms with Crippen molar-refractivity contribution < 1.29 is 8.83 Å². The van der Waals surface area contributed by atoms with Gasteiger partial charge in [0.05, 0.1) is 16.8 Å². The summed E-state index contributed by atoms with van der Waals surface area (Å²) in [4.78, 5) is 2.37. The van der Waals surface area contributed by atoms with Crippen LogP contribution < -0.4 is 10.2 Å². The number of hydrogen-bond acceptors (Lipinski definition) is 4. The van der Waals surface area contributed by atoms with Gasteiger partial charge in [-0.1, -0.05) is 91.0 Å². The molecule has 41 heavy (non-hydrogen) atoms. The minimum Gasteiger partial charge on any atom is -0.455 e. The van der Waals surface area contributed by atoms with E-state index in [1.807, 2.05) is 24.3 Å². The van der Waals surface area contributed by atoms with Gasteiger partial charge in [-0.25, -0.2) is 0 Å². The van der Waals surface area contributed by atoms with Crippen molar-refractivity contribution in [2.45, 2.75) is 6.17 Å². The van der Waals surface area contributed by atoms with Gasteiger partial charge in [0, 0.05) is 27.4 Å². The van der Waals surface area contributed by atoms with Crippen molar-refractivity contribution >= 4 is 60.9 Å². The average Bonchev–Trinajstić information content (AvgIpc) is 3.72. The standard InChI is InChI=1S/C37H24N2O2/c1-3-11-23(12-4-1)37-38-30-21-24(19-20-31(30)39(37)25-13-5-2-6-14-25)28-22-29-26-15-7-9-17-32(26)40-36(29)34-27-16-8-10-18-33(27)41-35(28)34/h1-22,37-38H. The molecule has 1 atom stereocenters. The Balaban J connectivity index is 1.29. The normalized spacial score (nSPS) is 14.7. The molecule has 0 aliphatic carbocycles. The first-order valence-electron chi connectivity index (χ1n) is 13.9. The Morgan fingerprint density at radius 2 is 1.22 bits per heavy atom. The highest BCUT2D eigenvalue weighted by Gasteiger charge is 2.32. The third kappa shape index (κ3) is 3.28. The third-order valence-corrected chi connectivity index (χ3v) is 8.26. The molecule has 6 aromatic carbocycles. The lowest BCUT2D eigenvalue weighted by Gasteiger charge is -2.27. The van der Waals surface area contributed by atoms with Gasteiger partial charge < -0.3 is 19.1 Å². The maximum Gasteiger partial charge on any atom is 0.147 e. The van der Waals surface area contributed by atoms with Crippen molar-refractivity contribution in [2.24, 2.45) is 0 Å². The summed E-state index contributed by atoms with van der Waals surface area (Å²) >= 11 is 0. The molecule has 4 nitrogen and oxygen atoms in total. The van der Waals surface area contributed by atoms with Gasteiger partial charge in [0.2, 0.25) is 0 Å². The van der Waals surface area contributed by atoms with E-state index >= 15 is 0 Å². The van der Waals surface area contributed by atoms with E-state index in [4.69, 9.17) is 8.83 Å². The molecule has 9 rings (SSSR count). The number of rotatable bonds is 3. The number of benzene rings is 6. The zero-order valence-electron chi connectivity index (χ0n) is 22.0. The minimum atomic E-state index is -0.0182. The van der Waals surface area contributed by atoms with Crippen LogP contribution in [0.2, 0.25) is 0 Å². The van der Waals surface area contributed by atoms with Crippen LogP contribution in [0.4, 0.5) is 17.1 Å². The van der Waals surface area contributed by atoms with Crippen molar-refractivity contribution in [2.75, 3.05) is 10.2 Å². The summed E-state index contributed by atoms with van der Waals surface area (Å²) in [6.07, 6.45) is -0.0182. The highest BCUT2D eigenvalue weighted by atomic mass is 16.3. The number of nitrogens with one attached hydrogen (secondary N) is 1. The second kappa shape index (κ2) is 8.51. The molecule has 8 aromatic rings. The third-order valence-electron chi connectivity index (χ3n) is 8.26. The molecule has 1 unspecified atom stereocenters. The van der Waals surface area contributed by atoms with Gasteiger partial charge in [0.25, 0.3) is 0 Å². The first kappa shape index (κ1) is 22.3. The van der Waals surface area contributed by atoms with Crippen LogP contribution in [0.5, 0.6) is 0 Å². The van der Waals surface area contributed by atoms with Crippen molar-refractivity contribution in [3.63, 3.8) is 0 Å². The molecule has 194 valence electrons. The molecule has 4 heteroatoms. The topological polar surface area (TPSA) is 41.6 Å². The fourth-order valence-corrected chi connectivity index (χ4v) is 6.40. The van der Waals surface area contributed by atoms with E-state index < -0.39 is 0 Å². The van der Waals surface area contributed by atoms with Gasteiger partial charge in [-0.2, -0.15) is 0 Å². The smallest absolute Gasteiger partial charge is 0.147 e. The molecule has 3 heterocycles. The molecular weight excluding hydrogens is 504 g/mol. The monoisotopic (exact) mass is 528 g/mol. The van der Waals surface area contributed by atoms with Crippen molar-refractivity contribution in [3.05, 3.63) is 139 Å². The van der Waals surface area contributed by atoms with Crippen LogP contribution in [0.15, 0.2) is 142 Å². The summed E-state index contributed by atoms with van der Waals surface area (Å²) in [5.74, 6) is 0. The van der Waals surface area contributed by atoms with Gasteiger partial charge >= 0.3 is 0 Å². The van der Waals surface area contributed by atoms with Crippen LogP contribution in [0.3, 0.4) is 0 Å². The summed E-state index contributed by atoms with van der Waals surface area (Å²) in [7, 11) is 0. The lowest BCUT2D eigenvalue weighted by atomic mass is 9.98. The SMILES string of the molecule is c1ccc(C2Nc3cc(-c4cc5c6ccccc6oc5c5c4oc4ccccc45)ccc3N2c2ccccc2)cc1. The Bertz CT molecular complexity index is 2250. The van der Waals surface area contributed by atoms with Crippen LogP contribution in [-0.2, 0) is 0 Å². The molecule has 0 fully saturated rings.